The SMILES string of the molecule is C/C=C\[C@H](OCOC)[C@@H](CC(C)C)N(Cc1ccccc1)C(=O)OCC. The molecule has 0 saturated heterocycles. The molecule has 5 heteroatoms. The summed E-state index contributed by atoms with van der Waals surface area (Å²) in [6, 6.07) is 9.79. The molecule has 146 valence electrons. The third-order valence-electron chi connectivity index (χ3n) is 3.95. The van der Waals surface area contributed by atoms with Crippen LogP contribution in [0.5, 0.6) is 0 Å². The van der Waals surface area contributed by atoms with E-state index in [9.17, 15) is 4.79 Å². The first kappa shape index (κ1) is 22.2. The van der Waals surface area contributed by atoms with Crippen molar-refractivity contribution in [3.63, 3.8) is 0 Å². The van der Waals surface area contributed by atoms with Crippen LogP contribution >= 0.6 is 0 Å². The molecule has 0 N–H and O–H groups in total. The smallest absolute Gasteiger partial charge is 0.410 e. The topological polar surface area (TPSA) is 48.0 Å². The molecule has 1 aromatic carbocycles. The molecule has 0 aromatic heterocycles. The molecule has 0 radical (unpaired) electrons. The first-order chi connectivity index (χ1) is 12.5. The number of ether oxygens (including phenoxy) is 3. The molecule has 0 saturated carbocycles. The van der Waals surface area contributed by atoms with Crippen LogP contribution in [-0.2, 0) is 20.8 Å². The van der Waals surface area contributed by atoms with Crippen molar-refractivity contribution >= 4 is 6.09 Å². The number of rotatable bonds is 11. The van der Waals surface area contributed by atoms with Gasteiger partial charge >= 0.3 is 6.09 Å². The van der Waals surface area contributed by atoms with Gasteiger partial charge in [-0.2, -0.15) is 0 Å². The number of carbonyl (C=O) groups excluding carboxylic acids is 1. The molecule has 0 aliphatic rings. The Bertz CT molecular complexity index is 530. The van der Waals surface area contributed by atoms with Crippen LogP contribution in [0.1, 0.15) is 39.7 Å². The van der Waals surface area contributed by atoms with Gasteiger partial charge in [0.1, 0.15) is 6.79 Å². The molecule has 1 rings (SSSR count). The summed E-state index contributed by atoms with van der Waals surface area (Å²) in [6.45, 7) is 9.03. The normalized spacial score (nSPS) is 13.8. The minimum absolute atomic E-state index is 0.152. The van der Waals surface area contributed by atoms with E-state index in [0.717, 1.165) is 12.0 Å². The fourth-order valence-electron chi connectivity index (χ4n) is 2.86. The van der Waals surface area contributed by atoms with Crippen molar-refractivity contribution in [3.05, 3.63) is 48.0 Å². The Hall–Kier alpha value is -1.85. The minimum Gasteiger partial charge on any atom is -0.450 e. The van der Waals surface area contributed by atoms with E-state index in [1.807, 2.05) is 56.3 Å². The third-order valence-corrected chi connectivity index (χ3v) is 3.95. The van der Waals surface area contributed by atoms with Crippen LogP contribution < -0.4 is 0 Å². The standard InChI is InChI=1S/C21H33NO4/c1-6-11-20(26-16-24-5)19(14-17(3)4)22(21(23)25-7-2)15-18-12-9-8-10-13-18/h6,8-13,17,19-20H,7,14-16H2,1-5H3/b11-6-/t19-,20+/m1/s1. The summed E-state index contributed by atoms with van der Waals surface area (Å²) in [6.07, 6.45) is 4.13. The average Bonchev–Trinajstić information content (AvgIpc) is 2.62. The van der Waals surface area contributed by atoms with Gasteiger partial charge < -0.3 is 14.2 Å². The van der Waals surface area contributed by atoms with Crippen LogP contribution in [-0.4, -0.2) is 43.6 Å². The molecule has 0 aliphatic carbocycles. The van der Waals surface area contributed by atoms with Gasteiger partial charge in [0.2, 0.25) is 0 Å². The zero-order valence-corrected chi connectivity index (χ0v) is 16.7. The number of benzene rings is 1. The molecule has 2 atom stereocenters. The molecular weight excluding hydrogens is 330 g/mol. The van der Waals surface area contributed by atoms with Gasteiger partial charge in [-0.25, -0.2) is 4.79 Å². The largest absolute Gasteiger partial charge is 0.450 e. The van der Waals surface area contributed by atoms with Gasteiger partial charge in [-0.05, 0) is 31.7 Å². The molecule has 0 bridgehead atoms. The van der Waals surface area contributed by atoms with Gasteiger partial charge in [-0.15, -0.1) is 0 Å². The summed E-state index contributed by atoms with van der Waals surface area (Å²) in [5, 5.41) is 0. The monoisotopic (exact) mass is 363 g/mol. The second kappa shape index (κ2) is 12.5. The van der Waals surface area contributed by atoms with Crippen molar-refractivity contribution < 1.29 is 19.0 Å². The maximum Gasteiger partial charge on any atom is 0.410 e. The fraction of sp³-hybridized carbons (Fsp3) is 0.571. The summed E-state index contributed by atoms with van der Waals surface area (Å²) in [4.78, 5) is 14.5. The molecule has 0 fully saturated rings. The molecule has 1 aromatic rings. The zero-order chi connectivity index (χ0) is 19.4. The number of hydrogen-bond donors (Lipinski definition) is 0. The fourth-order valence-corrected chi connectivity index (χ4v) is 2.86. The van der Waals surface area contributed by atoms with E-state index in [4.69, 9.17) is 14.2 Å². The van der Waals surface area contributed by atoms with E-state index in [1.54, 1.807) is 12.0 Å². The van der Waals surface area contributed by atoms with Crippen LogP contribution in [0.3, 0.4) is 0 Å². The van der Waals surface area contributed by atoms with Gasteiger partial charge in [-0.1, -0.05) is 56.3 Å². The predicted molar refractivity (Wildman–Crippen MR) is 104 cm³/mol. The minimum atomic E-state index is -0.322. The van der Waals surface area contributed by atoms with Crippen LogP contribution in [0.15, 0.2) is 42.5 Å². The lowest BCUT2D eigenvalue weighted by Gasteiger charge is -2.36. The van der Waals surface area contributed by atoms with Gasteiger partial charge in [0.05, 0.1) is 18.8 Å². The molecule has 26 heavy (non-hydrogen) atoms. The van der Waals surface area contributed by atoms with Crippen LogP contribution in [0.25, 0.3) is 0 Å². The van der Waals surface area contributed by atoms with Crippen molar-refractivity contribution in [2.24, 2.45) is 5.92 Å². The summed E-state index contributed by atoms with van der Waals surface area (Å²) in [5.41, 5.74) is 1.06. The highest BCUT2D eigenvalue weighted by molar-refractivity contribution is 5.68. The zero-order valence-electron chi connectivity index (χ0n) is 16.7. The molecule has 0 aliphatic heterocycles. The van der Waals surface area contributed by atoms with E-state index in [-0.39, 0.29) is 25.0 Å². The number of hydrogen-bond acceptors (Lipinski definition) is 4. The lowest BCUT2D eigenvalue weighted by molar-refractivity contribution is -0.0834. The summed E-state index contributed by atoms with van der Waals surface area (Å²) >= 11 is 0. The van der Waals surface area contributed by atoms with E-state index >= 15 is 0 Å². The lowest BCUT2D eigenvalue weighted by atomic mass is 9.96. The highest BCUT2D eigenvalue weighted by atomic mass is 16.7. The molecule has 0 heterocycles. The van der Waals surface area contributed by atoms with Crippen molar-refractivity contribution in [1.29, 1.82) is 0 Å². The maximum atomic E-state index is 12.7. The maximum absolute atomic E-state index is 12.7. The molecule has 0 unspecified atom stereocenters. The first-order valence-corrected chi connectivity index (χ1v) is 9.24. The van der Waals surface area contributed by atoms with Crippen LogP contribution in [0.4, 0.5) is 4.79 Å². The van der Waals surface area contributed by atoms with Crippen LogP contribution in [0, 0.1) is 5.92 Å². The van der Waals surface area contributed by atoms with Crippen molar-refractivity contribution in [3.8, 4) is 0 Å². The molecular formula is C21H33NO4. The van der Waals surface area contributed by atoms with E-state index < -0.39 is 0 Å². The highest BCUT2D eigenvalue weighted by Crippen LogP contribution is 2.22. The van der Waals surface area contributed by atoms with Gasteiger partial charge in [0.25, 0.3) is 0 Å². The highest BCUT2D eigenvalue weighted by Gasteiger charge is 2.32. The summed E-state index contributed by atoms with van der Waals surface area (Å²) in [5.74, 6) is 0.395. The number of allylic oxidation sites excluding steroid dienone is 1. The van der Waals surface area contributed by atoms with Gasteiger partial charge in [0, 0.05) is 13.7 Å². The second-order valence-electron chi connectivity index (χ2n) is 6.57. The van der Waals surface area contributed by atoms with Gasteiger partial charge in [0.15, 0.2) is 0 Å². The number of methoxy groups -OCH3 is 1. The Balaban J connectivity index is 3.17. The number of carbonyl (C=O) groups is 1. The Labute approximate surface area is 157 Å². The van der Waals surface area contributed by atoms with Gasteiger partial charge in [-0.3, -0.25) is 4.90 Å². The summed E-state index contributed by atoms with van der Waals surface area (Å²) < 4.78 is 16.3. The van der Waals surface area contributed by atoms with Crippen molar-refractivity contribution in [2.45, 2.75) is 52.8 Å². The summed E-state index contributed by atoms with van der Waals surface area (Å²) in [7, 11) is 1.59. The van der Waals surface area contributed by atoms with Crippen LogP contribution in [0.2, 0.25) is 0 Å². The van der Waals surface area contributed by atoms with Crippen molar-refractivity contribution in [2.75, 3.05) is 20.5 Å². The average molecular weight is 363 g/mol. The first-order valence-electron chi connectivity index (χ1n) is 9.24. The van der Waals surface area contributed by atoms with E-state index in [1.165, 1.54) is 0 Å². The Morgan fingerprint density at radius 3 is 2.46 bits per heavy atom. The number of amides is 1. The Morgan fingerprint density at radius 2 is 1.92 bits per heavy atom. The second-order valence-corrected chi connectivity index (χ2v) is 6.57. The van der Waals surface area contributed by atoms with E-state index in [0.29, 0.717) is 19.1 Å². The van der Waals surface area contributed by atoms with Crippen molar-refractivity contribution in [1.82, 2.24) is 4.90 Å². The predicted octanol–water partition coefficient (Wildman–Crippen LogP) is 4.63. The molecule has 5 nitrogen and oxygen atoms in total. The Kier molecular flexibility index (Phi) is 10.7. The molecule has 1 amide bonds. The number of nitrogens with zero attached hydrogens (tertiary/aromatic N) is 1. The van der Waals surface area contributed by atoms with E-state index in [2.05, 4.69) is 13.8 Å². The molecule has 0 spiro atoms. The lowest BCUT2D eigenvalue weighted by Crippen LogP contribution is -2.48. The Morgan fingerprint density at radius 1 is 1.23 bits per heavy atom. The quantitative estimate of drug-likeness (QED) is 0.425. The third kappa shape index (κ3) is 7.58.